The average Bonchev–Trinajstić information content (AvgIpc) is 2.85. The number of para-hydroxylation sites is 1. The van der Waals surface area contributed by atoms with Crippen molar-refractivity contribution in [1.29, 1.82) is 5.26 Å². The summed E-state index contributed by atoms with van der Waals surface area (Å²) in [5.41, 5.74) is 3.80. The van der Waals surface area contributed by atoms with Crippen LogP contribution in [0.2, 0.25) is 5.15 Å². The molecule has 21 heavy (non-hydrogen) atoms. The van der Waals surface area contributed by atoms with Crippen LogP contribution in [0.1, 0.15) is 11.1 Å². The highest BCUT2D eigenvalue weighted by Crippen LogP contribution is 2.30. The fourth-order valence-corrected chi connectivity index (χ4v) is 2.52. The minimum absolute atomic E-state index is 0.339. The van der Waals surface area contributed by atoms with Crippen LogP contribution in [0.4, 0.5) is 0 Å². The number of halogens is 1. The van der Waals surface area contributed by atoms with Gasteiger partial charge in [0.15, 0.2) is 5.15 Å². The topological polar surface area (TPSA) is 41.6 Å². The predicted octanol–water partition coefficient (Wildman–Crippen LogP) is 4.37. The summed E-state index contributed by atoms with van der Waals surface area (Å²) in [5.74, 6) is 0. The lowest BCUT2D eigenvalue weighted by atomic mass is 10.1. The van der Waals surface area contributed by atoms with Crippen LogP contribution in [-0.4, -0.2) is 9.78 Å². The molecule has 0 aliphatic heterocycles. The van der Waals surface area contributed by atoms with E-state index in [4.69, 9.17) is 11.6 Å². The summed E-state index contributed by atoms with van der Waals surface area (Å²) in [6.07, 6.45) is 0. The molecule has 102 valence electrons. The Hall–Kier alpha value is -2.57. The number of nitrogens with zero attached hydrogens (tertiary/aromatic N) is 3. The second-order valence-electron chi connectivity index (χ2n) is 4.69. The van der Waals surface area contributed by atoms with E-state index < -0.39 is 0 Å². The zero-order valence-electron chi connectivity index (χ0n) is 11.4. The van der Waals surface area contributed by atoms with Crippen LogP contribution in [0, 0.1) is 18.3 Å². The lowest BCUT2D eigenvalue weighted by molar-refractivity contribution is 0.877. The van der Waals surface area contributed by atoms with E-state index in [1.54, 1.807) is 4.68 Å². The molecule has 0 radical (unpaired) electrons. The Balaban J connectivity index is 2.25. The van der Waals surface area contributed by atoms with E-state index in [1.165, 1.54) is 0 Å². The van der Waals surface area contributed by atoms with Gasteiger partial charge in [-0.1, -0.05) is 60.1 Å². The largest absolute Gasteiger partial charge is 0.220 e. The molecule has 0 fully saturated rings. The van der Waals surface area contributed by atoms with Crippen molar-refractivity contribution in [2.45, 2.75) is 6.92 Å². The van der Waals surface area contributed by atoms with Gasteiger partial charge >= 0.3 is 0 Å². The van der Waals surface area contributed by atoms with E-state index >= 15 is 0 Å². The van der Waals surface area contributed by atoms with Crippen LogP contribution in [0.15, 0.2) is 54.6 Å². The average molecular weight is 294 g/mol. The van der Waals surface area contributed by atoms with Gasteiger partial charge in [-0.2, -0.15) is 10.4 Å². The van der Waals surface area contributed by atoms with Gasteiger partial charge in [0.25, 0.3) is 0 Å². The molecule has 0 amide bonds. The van der Waals surface area contributed by atoms with Crippen LogP contribution in [0.3, 0.4) is 0 Å². The Kier molecular flexibility index (Phi) is 3.47. The molecule has 0 unspecified atom stereocenters. The van der Waals surface area contributed by atoms with E-state index in [0.717, 1.165) is 16.8 Å². The van der Waals surface area contributed by atoms with Crippen molar-refractivity contribution in [1.82, 2.24) is 9.78 Å². The Labute approximate surface area is 128 Å². The first kappa shape index (κ1) is 13.4. The number of hydrogen-bond donors (Lipinski definition) is 0. The fraction of sp³-hybridized carbons (Fsp3) is 0.0588. The van der Waals surface area contributed by atoms with Gasteiger partial charge in [0, 0.05) is 5.56 Å². The van der Waals surface area contributed by atoms with Gasteiger partial charge in [-0.3, -0.25) is 0 Å². The van der Waals surface area contributed by atoms with E-state index in [1.807, 2.05) is 61.5 Å². The van der Waals surface area contributed by atoms with E-state index in [-0.39, 0.29) is 0 Å². The van der Waals surface area contributed by atoms with Gasteiger partial charge in [0.2, 0.25) is 0 Å². The van der Waals surface area contributed by atoms with Crippen molar-refractivity contribution in [3.05, 3.63) is 70.9 Å². The highest BCUT2D eigenvalue weighted by Gasteiger charge is 2.19. The number of rotatable bonds is 2. The number of benzene rings is 2. The second kappa shape index (κ2) is 5.43. The summed E-state index contributed by atoms with van der Waals surface area (Å²) < 4.78 is 1.62. The first-order valence-corrected chi connectivity index (χ1v) is 6.90. The van der Waals surface area contributed by atoms with Crippen LogP contribution in [0.5, 0.6) is 0 Å². The van der Waals surface area contributed by atoms with Gasteiger partial charge in [0.05, 0.1) is 5.69 Å². The van der Waals surface area contributed by atoms with Crippen LogP contribution in [0.25, 0.3) is 16.9 Å². The maximum Gasteiger partial charge on any atom is 0.151 e. The predicted molar refractivity (Wildman–Crippen MR) is 83.5 cm³/mol. The second-order valence-corrected chi connectivity index (χ2v) is 5.05. The van der Waals surface area contributed by atoms with Crippen molar-refractivity contribution in [2.24, 2.45) is 0 Å². The Bertz CT molecular complexity index is 829. The fourth-order valence-electron chi connectivity index (χ4n) is 2.26. The van der Waals surface area contributed by atoms with Crippen molar-refractivity contribution in [2.75, 3.05) is 0 Å². The standard InChI is InChI=1S/C17H12ClN3/c1-12-7-5-6-10-15(12)21-17(18)14(11-19)16(20-21)13-8-3-2-4-9-13/h2-10H,1H3. The smallest absolute Gasteiger partial charge is 0.151 e. The van der Waals surface area contributed by atoms with Gasteiger partial charge in [-0.05, 0) is 18.6 Å². The van der Waals surface area contributed by atoms with E-state index in [2.05, 4.69) is 11.2 Å². The molecule has 1 heterocycles. The third-order valence-electron chi connectivity index (χ3n) is 3.33. The lowest BCUT2D eigenvalue weighted by Crippen LogP contribution is -1.99. The molecule has 0 atom stereocenters. The summed E-state index contributed by atoms with van der Waals surface area (Å²) >= 11 is 6.36. The molecule has 1 aromatic heterocycles. The molecule has 3 rings (SSSR count). The van der Waals surface area contributed by atoms with Gasteiger partial charge in [-0.25, -0.2) is 4.68 Å². The number of nitriles is 1. The Morgan fingerprint density at radius 2 is 1.71 bits per heavy atom. The molecule has 0 N–H and O–H groups in total. The van der Waals surface area contributed by atoms with Crippen LogP contribution < -0.4 is 0 Å². The molecule has 0 aliphatic carbocycles. The molecular formula is C17H12ClN3. The highest BCUT2D eigenvalue weighted by molar-refractivity contribution is 6.31. The summed E-state index contributed by atoms with van der Waals surface area (Å²) in [7, 11) is 0. The maximum atomic E-state index is 9.40. The molecule has 0 spiro atoms. The van der Waals surface area contributed by atoms with Crippen molar-refractivity contribution < 1.29 is 0 Å². The molecule has 2 aromatic carbocycles. The lowest BCUT2D eigenvalue weighted by Gasteiger charge is -2.06. The monoisotopic (exact) mass is 293 g/mol. The molecule has 0 saturated carbocycles. The Morgan fingerprint density at radius 1 is 1.05 bits per heavy atom. The van der Waals surface area contributed by atoms with Crippen LogP contribution >= 0.6 is 11.6 Å². The molecule has 3 aromatic rings. The quantitative estimate of drug-likeness (QED) is 0.704. The first-order valence-electron chi connectivity index (χ1n) is 6.52. The minimum Gasteiger partial charge on any atom is -0.220 e. The Morgan fingerprint density at radius 3 is 2.38 bits per heavy atom. The molecule has 0 bridgehead atoms. The summed E-state index contributed by atoms with van der Waals surface area (Å²) in [6, 6.07) is 19.6. The summed E-state index contributed by atoms with van der Waals surface area (Å²) in [4.78, 5) is 0. The highest BCUT2D eigenvalue weighted by atomic mass is 35.5. The number of aryl methyl sites for hydroxylation is 1. The van der Waals surface area contributed by atoms with Crippen LogP contribution in [-0.2, 0) is 0 Å². The van der Waals surface area contributed by atoms with Crippen molar-refractivity contribution in [3.8, 4) is 23.0 Å². The zero-order chi connectivity index (χ0) is 14.8. The van der Waals surface area contributed by atoms with Crippen molar-refractivity contribution >= 4 is 11.6 Å². The van der Waals surface area contributed by atoms with Gasteiger partial charge in [-0.15, -0.1) is 0 Å². The number of hydrogen-bond acceptors (Lipinski definition) is 2. The van der Waals surface area contributed by atoms with Gasteiger partial charge < -0.3 is 0 Å². The summed E-state index contributed by atoms with van der Waals surface area (Å²) in [5, 5.41) is 14.3. The van der Waals surface area contributed by atoms with Crippen molar-refractivity contribution in [3.63, 3.8) is 0 Å². The first-order chi connectivity index (χ1) is 10.2. The third-order valence-corrected chi connectivity index (χ3v) is 3.68. The molecule has 4 heteroatoms. The molecular weight excluding hydrogens is 282 g/mol. The molecule has 0 aliphatic rings. The third kappa shape index (κ3) is 2.31. The van der Waals surface area contributed by atoms with Gasteiger partial charge in [0.1, 0.15) is 17.3 Å². The van der Waals surface area contributed by atoms with E-state index in [0.29, 0.717) is 16.4 Å². The summed E-state index contributed by atoms with van der Waals surface area (Å²) in [6.45, 7) is 1.99. The zero-order valence-corrected chi connectivity index (χ0v) is 12.2. The molecule has 0 saturated heterocycles. The molecule has 3 nitrogen and oxygen atoms in total. The normalized spacial score (nSPS) is 10.3. The SMILES string of the molecule is Cc1ccccc1-n1nc(-c2ccccc2)c(C#N)c1Cl. The van der Waals surface area contributed by atoms with E-state index in [9.17, 15) is 5.26 Å². The maximum absolute atomic E-state index is 9.40. The number of aromatic nitrogens is 2. The minimum atomic E-state index is 0.339.